The van der Waals surface area contributed by atoms with Crippen LogP contribution in [0.3, 0.4) is 0 Å². The van der Waals surface area contributed by atoms with E-state index in [1.807, 2.05) is 24.3 Å². The number of piperazine rings is 1. The fraction of sp³-hybridized carbons (Fsp3) is 0.429. The van der Waals surface area contributed by atoms with Crippen LogP contribution in [0.1, 0.15) is 12.8 Å². The van der Waals surface area contributed by atoms with E-state index in [2.05, 4.69) is 38.2 Å². The number of nitrogens with one attached hydrogen (secondary N) is 1. The van der Waals surface area contributed by atoms with Gasteiger partial charge in [0.15, 0.2) is 5.16 Å². The van der Waals surface area contributed by atoms with Gasteiger partial charge in [-0.3, -0.25) is 4.99 Å². The standard InChI is InChI=1S/C21H26N8S/c1-28-8-10-29(11-9-28)20-25-19(24-18-12-15(13-23-18)14-2-3-14)26-21(27-20)30-17-6-4-16(22)5-7-17/h4-7,12,14H,2-3,8-11,13,22H2,1H3,(H,23,24,25,26,27). The number of aliphatic imine (C=N–C) groups is 1. The van der Waals surface area contributed by atoms with Crippen molar-refractivity contribution in [2.75, 3.05) is 55.7 Å². The first-order chi connectivity index (χ1) is 14.6. The van der Waals surface area contributed by atoms with Crippen molar-refractivity contribution in [3.63, 3.8) is 0 Å². The summed E-state index contributed by atoms with van der Waals surface area (Å²) in [6.45, 7) is 4.58. The molecule has 3 aliphatic rings. The van der Waals surface area contributed by atoms with Gasteiger partial charge in [-0.1, -0.05) is 0 Å². The van der Waals surface area contributed by atoms with Crippen LogP contribution in [0.5, 0.6) is 0 Å². The second kappa shape index (κ2) is 8.23. The lowest BCUT2D eigenvalue weighted by molar-refractivity contribution is 0.311. The Bertz CT molecular complexity index is 975. The van der Waals surface area contributed by atoms with Gasteiger partial charge in [-0.05, 0) is 73.5 Å². The van der Waals surface area contributed by atoms with Crippen molar-refractivity contribution >= 4 is 35.2 Å². The number of likely N-dealkylation sites (N-methyl/N-ethyl adjacent to an activating group) is 1. The molecule has 1 aliphatic carbocycles. The molecule has 2 aliphatic heterocycles. The summed E-state index contributed by atoms with van der Waals surface area (Å²) in [6.07, 6.45) is 4.73. The van der Waals surface area contributed by atoms with E-state index in [0.717, 1.165) is 55.1 Å². The van der Waals surface area contributed by atoms with E-state index in [4.69, 9.17) is 15.7 Å². The SMILES string of the molecule is CN1CCN(c2nc(NC3=NCC(C4CC4)=C3)nc(Sc3ccc(N)cc3)n2)CC1. The first-order valence-corrected chi connectivity index (χ1v) is 11.2. The number of aromatic nitrogens is 3. The molecular formula is C21H26N8S. The molecule has 0 bridgehead atoms. The Kier molecular flexibility index (Phi) is 5.30. The maximum atomic E-state index is 5.82. The van der Waals surface area contributed by atoms with Crippen LogP contribution in [0.25, 0.3) is 0 Å². The van der Waals surface area contributed by atoms with Gasteiger partial charge in [0.05, 0.1) is 6.54 Å². The molecule has 1 aromatic carbocycles. The number of nitrogens with two attached hydrogens (primary N) is 1. The molecular weight excluding hydrogens is 396 g/mol. The van der Waals surface area contributed by atoms with Gasteiger partial charge in [-0.25, -0.2) is 0 Å². The lowest BCUT2D eigenvalue weighted by atomic mass is 10.2. The minimum atomic E-state index is 0.545. The maximum Gasteiger partial charge on any atom is 0.234 e. The zero-order chi connectivity index (χ0) is 20.5. The third-order valence-electron chi connectivity index (χ3n) is 5.57. The normalized spacial score (nSPS) is 19.6. The van der Waals surface area contributed by atoms with Gasteiger partial charge >= 0.3 is 0 Å². The third kappa shape index (κ3) is 4.57. The smallest absolute Gasteiger partial charge is 0.234 e. The van der Waals surface area contributed by atoms with Crippen LogP contribution in [-0.4, -0.2) is 65.5 Å². The molecule has 1 saturated heterocycles. The van der Waals surface area contributed by atoms with E-state index in [0.29, 0.717) is 17.1 Å². The van der Waals surface area contributed by atoms with E-state index in [1.54, 1.807) is 0 Å². The van der Waals surface area contributed by atoms with Gasteiger partial charge in [0.1, 0.15) is 5.84 Å². The minimum Gasteiger partial charge on any atom is -0.399 e. The second-order valence-corrected chi connectivity index (χ2v) is 9.06. The highest BCUT2D eigenvalue weighted by molar-refractivity contribution is 7.99. The zero-order valence-electron chi connectivity index (χ0n) is 17.1. The summed E-state index contributed by atoms with van der Waals surface area (Å²) in [5.41, 5.74) is 7.98. The summed E-state index contributed by atoms with van der Waals surface area (Å²) < 4.78 is 0. The Balaban J connectivity index is 1.39. The van der Waals surface area contributed by atoms with Crippen LogP contribution in [0.4, 0.5) is 17.6 Å². The number of nitrogen functional groups attached to an aromatic ring is 1. The summed E-state index contributed by atoms with van der Waals surface area (Å²) >= 11 is 1.51. The Hall–Kier alpha value is -2.65. The van der Waals surface area contributed by atoms with Crippen molar-refractivity contribution in [2.45, 2.75) is 22.9 Å². The fourth-order valence-corrected chi connectivity index (χ4v) is 4.31. The lowest BCUT2D eigenvalue weighted by Crippen LogP contribution is -2.45. The predicted molar refractivity (Wildman–Crippen MR) is 121 cm³/mol. The zero-order valence-corrected chi connectivity index (χ0v) is 17.9. The van der Waals surface area contributed by atoms with Gasteiger partial charge in [-0.2, -0.15) is 15.0 Å². The Morgan fingerprint density at radius 3 is 2.53 bits per heavy atom. The van der Waals surface area contributed by atoms with Crippen molar-refractivity contribution in [1.29, 1.82) is 0 Å². The first-order valence-electron chi connectivity index (χ1n) is 10.4. The highest BCUT2D eigenvalue weighted by atomic mass is 32.2. The van der Waals surface area contributed by atoms with Crippen LogP contribution in [0.15, 0.2) is 51.0 Å². The van der Waals surface area contributed by atoms with Crippen LogP contribution >= 0.6 is 11.8 Å². The van der Waals surface area contributed by atoms with Gasteiger partial charge < -0.3 is 20.9 Å². The minimum absolute atomic E-state index is 0.545. The van der Waals surface area contributed by atoms with Gasteiger partial charge in [-0.15, -0.1) is 0 Å². The van der Waals surface area contributed by atoms with Crippen LogP contribution in [0.2, 0.25) is 0 Å². The molecule has 8 nitrogen and oxygen atoms in total. The Morgan fingerprint density at radius 1 is 1.03 bits per heavy atom. The van der Waals surface area contributed by atoms with E-state index in [1.165, 1.54) is 30.2 Å². The van der Waals surface area contributed by atoms with Gasteiger partial charge in [0, 0.05) is 36.8 Å². The van der Waals surface area contributed by atoms with E-state index in [-0.39, 0.29) is 0 Å². The molecule has 3 N–H and O–H groups in total. The monoisotopic (exact) mass is 422 g/mol. The van der Waals surface area contributed by atoms with E-state index >= 15 is 0 Å². The molecule has 156 valence electrons. The van der Waals surface area contributed by atoms with Gasteiger partial charge in [0.2, 0.25) is 11.9 Å². The third-order valence-corrected chi connectivity index (χ3v) is 6.45. The van der Waals surface area contributed by atoms with E-state index in [9.17, 15) is 0 Å². The summed E-state index contributed by atoms with van der Waals surface area (Å²) in [4.78, 5) is 24.3. The van der Waals surface area contributed by atoms with Crippen molar-refractivity contribution in [3.8, 4) is 0 Å². The van der Waals surface area contributed by atoms with Crippen LogP contribution in [-0.2, 0) is 0 Å². The van der Waals surface area contributed by atoms with E-state index < -0.39 is 0 Å². The number of rotatable bonds is 5. The summed E-state index contributed by atoms with van der Waals surface area (Å²) in [5.74, 6) is 2.83. The quantitative estimate of drug-likeness (QED) is 0.710. The lowest BCUT2D eigenvalue weighted by Gasteiger charge is -2.32. The van der Waals surface area contributed by atoms with Crippen molar-refractivity contribution in [2.24, 2.45) is 10.9 Å². The van der Waals surface area contributed by atoms with Crippen LogP contribution < -0.4 is 16.0 Å². The Labute approximate surface area is 180 Å². The molecule has 1 saturated carbocycles. The molecule has 0 atom stereocenters. The van der Waals surface area contributed by atoms with Crippen molar-refractivity contribution < 1.29 is 0 Å². The number of hydrogen-bond donors (Lipinski definition) is 2. The highest BCUT2D eigenvalue weighted by Crippen LogP contribution is 2.38. The molecule has 2 fully saturated rings. The average molecular weight is 423 g/mol. The molecule has 5 rings (SSSR count). The molecule has 2 aromatic rings. The molecule has 0 spiro atoms. The first kappa shape index (κ1) is 19.3. The fourth-order valence-electron chi connectivity index (χ4n) is 3.57. The average Bonchev–Trinajstić information content (AvgIpc) is 3.49. The second-order valence-electron chi connectivity index (χ2n) is 8.02. The molecule has 0 unspecified atom stereocenters. The Morgan fingerprint density at radius 2 is 1.80 bits per heavy atom. The molecule has 0 radical (unpaired) electrons. The molecule has 30 heavy (non-hydrogen) atoms. The van der Waals surface area contributed by atoms with Crippen molar-refractivity contribution in [3.05, 3.63) is 35.9 Å². The summed E-state index contributed by atoms with van der Waals surface area (Å²) in [6, 6.07) is 7.75. The molecule has 0 amide bonds. The van der Waals surface area contributed by atoms with Crippen LogP contribution in [0, 0.1) is 5.92 Å². The number of amidine groups is 1. The van der Waals surface area contributed by atoms with Crippen molar-refractivity contribution in [1.82, 2.24) is 19.9 Å². The summed E-state index contributed by atoms with van der Waals surface area (Å²) in [7, 11) is 2.14. The highest BCUT2D eigenvalue weighted by Gasteiger charge is 2.28. The summed E-state index contributed by atoms with van der Waals surface area (Å²) in [5, 5.41) is 3.98. The molecule has 3 heterocycles. The maximum absolute atomic E-state index is 5.82. The number of nitrogens with zero attached hydrogens (tertiary/aromatic N) is 6. The van der Waals surface area contributed by atoms with Gasteiger partial charge in [0.25, 0.3) is 0 Å². The number of benzene rings is 1. The largest absolute Gasteiger partial charge is 0.399 e. The topological polar surface area (TPSA) is 95.6 Å². The molecule has 9 heteroatoms. The predicted octanol–water partition coefficient (Wildman–Crippen LogP) is 2.52. The number of hydrogen-bond acceptors (Lipinski definition) is 9. The molecule has 1 aromatic heterocycles. The number of anilines is 3.